The van der Waals surface area contributed by atoms with Crippen LogP contribution in [0.4, 0.5) is 4.39 Å². The number of benzene rings is 2. The summed E-state index contributed by atoms with van der Waals surface area (Å²) < 4.78 is 12.8. The second kappa shape index (κ2) is 8.99. The van der Waals surface area contributed by atoms with Crippen molar-refractivity contribution in [2.45, 2.75) is 31.9 Å². The van der Waals surface area contributed by atoms with E-state index in [0.29, 0.717) is 6.42 Å². The van der Waals surface area contributed by atoms with E-state index >= 15 is 0 Å². The van der Waals surface area contributed by atoms with E-state index in [1.807, 2.05) is 30.3 Å². The highest BCUT2D eigenvalue weighted by atomic mass is 19.1. The average molecular weight is 327 g/mol. The maximum absolute atomic E-state index is 12.8. The predicted molar refractivity (Wildman–Crippen MR) is 93.8 cm³/mol. The third-order valence-corrected chi connectivity index (χ3v) is 3.74. The number of halogens is 1. The molecular weight excluding hydrogens is 305 g/mol. The van der Waals surface area contributed by atoms with Crippen LogP contribution in [-0.4, -0.2) is 23.2 Å². The highest BCUT2D eigenvalue weighted by Gasteiger charge is 2.16. The molecule has 0 fully saturated rings. The molecule has 2 atom stereocenters. The van der Waals surface area contributed by atoms with Gasteiger partial charge in [0.25, 0.3) is 0 Å². The van der Waals surface area contributed by atoms with Crippen LogP contribution in [0.5, 0.6) is 0 Å². The molecule has 2 aromatic rings. The van der Waals surface area contributed by atoms with Gasteiger partial charge in [0.1, 0.15) is 5.82 Å². The smallest absolute Gasteiger partial charge is 0.224 e. The van der Waals surface area contributed by atoms with E-state index < -0.39 is 6.10 Å². The summed E-state index contributed by atoms with van der Waals surface area (Å²) in [6, 6.07) is 15.4. The van der Waals surface area contributed by atoms with Gasteiger partial charge in [0.15, 0.2) is 0 Å². The second-order valence-electron chi connectivity index (χ2n) is 5.77. The summed E-state index contributed by atoms with van der Waals surface area (Å²) in [5, 5.41) is 13.0. The topological polar surface area (TPSA) is 49.3 Å². The summed E-state index contributed by atoms with van der Waals surface area (Å²) >= 11 is 0. The van der Waals surface area contributed by atoms with Gasteiger partial charge in [0.2, 0.25) is 5.91 Å². The Morgan fingerprint density at radius 3 is 2.50 bits per heavy atom. The molecule has 0 saturated carbocycles. The van der Waals surface area contributed by atoms with Crippen LogP contribution >= 0.6 is 0 Å². The zero-order chi connectivity index (χ0) is 17.4. The molecule has 0 radical (unpaired) electrons. The molecule has 0 bridgehead atoms. The number of aliphatic hydroxyl groups is 1. The highest BCUT2D eigenvalue weighted by molar-refractivity contribution is 5.78. The fraction of sp³-hybridized carbons (Fsp3) is 0.250. The number of aliphatic hydroxyl groups excluding tert-OH is 1. The number of carbonyl (C=O) groups is 1. The van der Waals surface area contributed by atoms with Crippen molar-refractivity contribution >= 4 is 12.0 Å². The first-order valence-corrected chi connectivity index (χ1v) is 7.98. The van der Waals surface area contributed by atoms with Crippen molar-refractivity contribution in [1.82, 2.24) is 5.32 Å². The van der Waals surface area contributed by atoms with Gasteiger partial charge in [-0.05, 0) is 30.2 Å². The summed E-state index contributed by atoms with van der Waals surface area (Å²) in [5.41, 5.74) is 1.86. The Morgan fingerprint density at radius 2 is 1.83 bits per heavy atom. The summed E-state index contributed by atoms with van der Waals surface area (Å²) in [5.74, 6) is -0.445. The minimum absolute atomic E-state index is 0.159. The molecule has 24 heavy (non-hydrogen) atoms. The second-order valence-corrected chi connectivity index (χ2v) is 5.77. The van der Waals surface area contributed by atoms with Crippen molar-refractivity contribution in [3.8, 4) is 0 Å². The summed E-state index contributed by atoms with van der Waals surface area (Å²) in [6.45, 7) is 1.79. The fourth-order valence-corrected chi connectivity index (χ4v) is 2.32. The Morgan fingerprint density at radius 1 is 1.17 bits per heavy atom. The van der Waals surface area contributed by atoms with Crippen LogP contribution in [0.25, 0.3) is 6.08 Å². The Labute approximate surface area is 141 Å². The van der Waals surface area contributed by atoms with Gasteiger partial charge in [-0.1, -0.05) is 54.6 Å². The van der Waals surface area contributed by atoms with Crippen LogP contribution in [-0.2, 0) is 11.2 Å². The summed E-state index contributed by atoms with van der Waals surface area (Å²) in [6.07, 6.45) is 3.55. The maximum atomic E-state index is 12.8. The molecule has 2 rings (SSSR count). The van der Waals surface area contributed by atoms with Gasteiger partial charge in [-0.25, -0.2) is 4.39 Å². The van der Waals surface area contributed by atoms with E-state index in [0.717, 1.165) is 11.1 Å². The summed E-state index contributed by atoms with van der Waals surface area (Å²) in [7, 11) is 0. The molecule has 0 saturated heterocycles. The zero-order valence-corrected chi connectivity index (χ0v) is 13.7. The molecule has 0 spiro atoms. The molecule has 2 N–H and O–H groups in total. The van der Waals surface area contributed by atoms with Crippen LogP contribution in [0.15, 0.2) is 60.7 Å². The first-order chi connectivity index (χ1) is 11.5. The number of carbonyl (C=O) groups excluding carboxylic acids is 1. The monoisotopic (exact) mass is 327 g/mol. The van der Waals surface area contributed by atoms with Crippen LogP contribution in [0, 0.1) is 5.82 Å². The van der Waals surface area contributed by atoms with Crippen LogP contribution < -0.4 is 5.32 Å². The number of nitrogens with one attached hydrogen (secondary N) is 1. The van der Waals surface area contributed by atoms with Gasteiger partial charge < -0.3 is 10.4 Å². The lowest BCUT2D eigenvalue weighted by Crippen LogP contribution is -2.41. The van der Waals surface area contributed by atoms with E-state index in [1.54, 1.807) is 31.2 Å². The lowest BCUT2D eigenvalue weighted by molar-refractivity contribution is -0.121. The molecule has 0 aliphatic carbocycles. The standard InChI is InChI=1S/C20H22FNO2/c1-15(19(23)14-17-6-3-2-4-7-17)22-20(24)9-5-8-16-10-12-18(21)13-11-16/h2-8,10-13,15,19,23H,9,14H2,1H3,(H,22,24)/b8-5+. The van der Waals surface area contributed by atoms with Crippen LogP contribution in [0.1, 0.15) is 24.5 Å². The predicted octanol–water partition coefficient (Wildman–Crippen LogP) is 3.34. The van der Waals surface area contributed by atoms with Crippen molar-refractivity contribution in [1.29, 1.82) is 0 Å². The largest absolute Gasteiger partial charge is 0.391 e. The molecule has 0 aliphatic rings. The molecule has 4 heteroatoms. The first kappa shape index (κ1) is 17.9. The zero-order valence-electron chi connectivity index (χ0n) is 13.7. The number of hydrogen-bond donors (Lipinski definition) is 2. The van der Waals surface area contributed by atoms with Crippen LogP contribution in [0.2, 0.25) is 0 Å². The molecule has 3 nitrogen and oxygen atoms in total. The van der Waals surface area contributed by atoms with E-state index in [9.17, 15) is 14.3 Å². The Bertz CT molecular complexity index is 668. The van der Waals surface area contributed by atoms with Gasteiger partial charge in [-0.3, -0.25) is 4.79 Å². The Hall–Kier alpha value is -2.46. The SMILES string of the molecule is CC(NC(=O)C/C=C/c1ccc(F)cc1)C(O)Cc1ccccc1. The van der Waals surface area contributed by atoms with Crippen molar-refractivity contribution in [2.75, 3.05) is 0 Å². The third kappa shape index (κ3) is 5.97. The van der Waals surface area contributed by atoms with E-state index in [4.69, 9.17) is 0 Å². The highest BCUT2D eigenvalue weighted by Crippen LogP contribution is 2.07. The van der Waals surface area contributed by atoms with Crippen molar-refractivity contribution < 1.29 is 14.3 Å². The minimum Gasteiger partial charge on any atom is -0.391 e. The number of hydrogen-bond acceptors (Lipinski definition) is 2. The van der Waals surface area contributed by atoms with E-state index in [2.05, 4.69) is 5.32 Å². The summed E-state index contributed by atoms with van der Waals surface area (Å²) in [4.78, 5) is 11.9. The first-order valence-electron chi connectivity index (χ1n) is 7.98. The van der Waals surface area contributed by atoms with Gasteiger partial charge >= 0.3 is 0 Å². The molecular formula is C20H22FNO2. The molecule has 1 amide bonds. The van der Waals surface area contributed by atoms with Crippen LogP contribution in [0.3, 0.4) is 0 Å². The quantitative estimate of drug-likeness (QED) is 0.819. The maximum Gasteiger partial charge on any atom is 0.224 e. The molecule has 2 unspecified atom stereocenters. The van der Waals surface area contributed by atoms with Gasteiger partial charge in [0.05, 0.1) is 12.1 Å². The molecule has 126 valence electrons. The lowest BCUT2D eigenvalue weighted by Gasteiger charge is -2.20. The van der Waals surface area contributed by atoms with Crippen molar-refractivity contribution in [3.63, 3.8) is 0 Å². The molecule has 2 aromatic carbocycles. The normalized spacial score (nSPS) is 13.6. The molecule has 0 aromatic heterocycles. The number of amides is 1. The van der Waals surface area contributed by atoms with Crippen molar-refractivity contribution in [3.05, 3.63) is 77.6 Å². The fourth-order valence-electron chi connectivity index (χ4n) is 2.32. The third-order valence-electron chi connectivity index (χ3n) is 3.74. The average Bonchev–Trinajstić information content (AvgIpc) is 2.57. The van der Waals surface area contributed by atoms with Gasteiger partial charge in [0, 0.05) is 12.8 Å². The van der Waals surface area contributed by atoms with E-state index in [1.165, 1.54) is 12.1 Å². The molecule has 0 heterocycles. The Kier molecular flexibility index (Phi) is 6.70. The van der Waals surface area contributed by atoms with Crippen molar-refractivity contribution in [2.24, 2.45) is 0 Å². The van der Waals surface area contributed by atoms with E-state index in [-0.39, 0.29) is 24.2 Å². The minimum atomic E-state index is -0.641. The molecule has 0 aliphatic heterocycles. The van der Waals surface area contributed by atoms with Gasteiger partial charge in [-0.15, -0.1) is 0 Å². The Balaban J connectivity index is 1.77. The van der Waals surface area contributed by atoms with Gasteiger partial charge in [-0.2, -0.15) is 0 Å². The lowest BCUT2D eigenvalue weighted by atomic mass is 10.0. The number of rotatable bonds is 7.